The molecule has 3 aromatic rings. The maximum Gasteiger partial charge on any atom is 0.254 e. The van der Waals surface area contributed by atoms with Crippen molar-refractivity contribution in [3.8, 4) is 11.3 Å². The quantitative estimate of drug-likeness (QED) is 0.698. The van der Waals surface area contributed by atoms with Crippen molar-refractivity contribution < 1.29 is 4.79 Å². The lowest BCUT2D eigenvalue weighted by Gasteiger charge is -2.22. The van der Waals surface area contributed by atoms with Crippen LogP contribution in [0.1, 0.15) is 18.3 Å². The molecule has 3 rings (SSSR count). The number of anilines is 1. The van der Waals surface area contributed by atoms with Gasteiger partial charge in [0.1, 0.15) is 12.4 Å². The van der Waals surface area contributed by atoms with E-state index in [4.69, 9.17) is 0 Å². The molecule has 2 aromatic carbocycles. The van der Waals surface area contributed by atoms with E-state index in [1.807, 2.05) is 68.4 Å². The van der Waals surface area contributed by atoms with Crippen molar-refractivity contribution in [1.82, 2.24) is 9.55 Å². The lowest BCUT2D eigenvalue weighted by atomic mass is 10.1. The van der Waals surface area contributed by atoms with Crippen LogP contribution in [0.2, 0.25) is 0 Å². The van der Waals surface area contributed by atoms with Crippen molar-refractivity contribution in [2.75, 3.05) is 11.4 Å². The minimum Gasteiger partial charge on any atom is -0.311 e. The van der Waals surface area contributed by atoms with Gasteiger partial charge in [0.15, 0.2) is 0 Å². The minimum atomic E-state index is -0.227. The molecule has 0 fully saturated rings. The summed E-state index contributed by atoms with van der Waals surface area (Å²) in [6.45, 7) is 6.17. The van der Waals surface area contributed by atoms with Gasteiger partial charge in [0.2, 0.25) is 5.91 Å². The van der Waals surface area contributed by atoms with Crippen LogP contribution in [0.3, 0.4) is 0 Å². The van der Waals surface area contributed by atoms with E-state index < -0.39 is 0 Å². The topological polar surface area (TPSA) is 55.2 Å². The van der Waals surface area contributed by atoms with E-state index in [0.29, 0.717) is 18.1 Å². The molecule has 0 atom stereocenters. The molecular weight excluding hydrogens is 338 g/mol. The summed E-state index contributed by atoms with van der Waals surface area (Å²) in [6, 6.07) is 18.8. The Hall–Kier alpha value is -3.21. The van der Waals surface area contributed by atoms with Gasteiger partial charge in [-0.2, -0.15) is 0 Å². The average Bonchev–Trinajstić information content (AvgIpc) is 2.66. The third-order valence-electron chi connectivity index (χ3n) is 4.49. The molecule has 27 heavy (non-hydrogen) atoms. The van der Waals surface area contributed by atoms with Crippen molar-refractivity contribution in [3.05, 3.63) is 82.4 Å². The van der Waals surface area contributed by atoms with Crippen LogP contribution in [0, 0.1) is 13.8 Å². The first-order chi connectivity index (χ1) is 13.0. The third-order valence-corrected chi connectivity index (χ3v) is 4.49. The van der Waals surface area contributed by atoms with Gasteiger partial charge in [0.05, 0.1) is 5.69 Å². The molecule has 1 heterocycles. The molecule has 0 unspecified atom stereocenters. The molecule has 0 saturated heterocycles. The summed E-state index contributed by atoms with van der Waals surface area (Å²) in [5.41, 5.74) is 3.19. The number of hydrogen-bond acceptors (Lipinski definition) is 3. The number of aryl methyl sites for hydroxylation is 2. The maximum absolute atomic E-state index is 12.9. The Balaban J connectivity index is 1.88. The van der Waals surface area contributed by atoms with E-state index >= 15 is 0 Å². The fourth-order valence-corrected chi connectivity index (χ4v) is 3.09. The van der Waals surface area contributed by atoms with Gasteiger partial charge in [-0.25, -0.2) is 4.98 Å². The van der Waals surface area contributed by atoms with Crippen LogP contribution < -0.4 is 10.5 Å². The standard InChI is InChI=1S/C22H23N3O2/c1-4-24(19-12-8-9-16(2)13-19)22(27)15-25-17(3)23-20(14-21(25)26)18-10-6-5-7-11-18/h5-14H,4,15H2,1-3H3. The molecule has 1 aromatic heterocycles. The van der Waals surface area contributed by atoms with Crippen molar-refractivity contribution in [3.63, 3.8) is 0 Å². The molecule has 5 heteroatoms. The Morgan fingerprint density at radius 2 is 1.78 bits per heavy atom. The molecule has 138 valence electrons. The molecule has 0 aliphatic heterocycles. The van der Waals surface area contributed by atoms with Gasteiger partial charge in [-0.15, -0.1) is 0 Å². The summed E-state index contributed by atoms with van der Waals surface area (Å²) in [5.74, 6) is 0.387. The van der Waals surface area contributed by atoms with Crippen molar-refractivity contribution in [1.29, 1.82) is 0 Å². The smallest absolute Gasteiger partial charge is 0.254 e. The highest BCUT2D eigenvalue weighted by Crippen LogP contribution is 2.17. The largest absolute Gasteiger partial charge is 0.311 e. The SMILES string of the molecule is CCN(C(=O)Cn1c(C)nc(-c2ccccc2)cc1=O)c1cccc(C)c1. The summed E-state index contributed by atoms with van der Waals surface area (Å²) in [4.78, 5) is 31.7. The van der Waals surface area contributed by atoms with Crippen molar-refractivity contribution in [2.45, 2.75) is 27.3 Å². The Morgan fingerprint density at radius 3 is 2.41 bits per heavy atom. The molecule has 0 bridgehead atoms. The Labute approximate surface area is 158 Å². The molecule has 0 aliphatic rings. The first kappa shape index (κ1) is 18.6. The van der Waals surface area contributed by atoms with Gasteiger partial charge >= 0.3 is 0 Å². The Morgan fingerprint density at radius 1 is 1.04 bits per heavy atom. The first-order valence-corrected chi connectivity index (χ1v) is 9.00. The average molecular weight is 361 g/mol. The summed E-state index contributed by atoms with van der Waals surface area (Å²) < 4.78 is 1.42. The first-order valence-electron chi connectivity index (χ1n) is 9.00. The predicted octanol–water partition coefficient (Wildman–Crippen LogP) is 3.58. The fourth-order valence-electron chi connectivity index (χ4n) is 3.09. The molecule has 0 radical (unpaired) electrons. The van der Waals surface area contributed by atoms with Crippen molar-refractivity contribution in [2.24, 2.45) is 0 Å². The molecule has 1 amide bonds. The number of hydrogen-bond donors (Lipinski definition) is 0. The number of likely N-dealkylation sites (N-methyl/N-ethyl adjacent to an activating group) is 1. The van der Waals surface area contributed by atoms with Crippen LogP contribution in [-0.2, 0) is 11.3 Å². The van der Waals surface area contributed by atoms with E-state index in [0.717, 1.165) is 16.8 Å². The van der Waals surface area contributed by atoms with E-state index in [1.54, 1.807) is 11.8 Å². The van der Waals surface area contributed by atoms with Crippen LogP contribution >= 0.6 is 0 Å². The van der Waals surface area contributed by atoms with E-state index in [1.165, 1.54) is 10.6 Å². The number of amides is 1. The molecular formula is C22H23N3O2. The molecule has 0 aliphatic carbocycles. The number of aromatic nitrogens is 2. The second-order valence-electron chi connectivity index (χ2n) is 6.46. The van der Waals surface area contributed by atoms with Crippen LogP contribution in [0.25, 0.3) is 11.3 Å². The maximum atomic E-state index is 12.9. The van der Waals surface area contributed by atoms with E-state index in [2.05, 4.69) is 4.98 Å². The summed E-state index contributed by atoms with van der Waals surface area (Å²) in [5, 5.41) is 0. The van der Waals surface area contributed by atoms with Crippen LogP contribution in [0.4, 0.5) is 5.69 Å². The lowest BCUT2D eigenvalue weighted by Crippen LogP contribution is -2.37. The van der Waals surface area contributed by atoms with Gasteiger partial charge in [0.25, 0.3) is 5.56 Å². The van der Waals surface area contributed by atoms with Crippen molar-refractivity contribution >= 4 is 11.6 Å². The van der Waals surface area contributed by atoms with E-state index in [9.17, 15) is 9.59 Å². The summed E-state index contributed by atoms with van der Waals surface area (Å²) >= 11 is 0. The fraction of sp³-hybridized carbons (Fsp3) is 0.227. The highest BCUT2D eigenvalue weighted by atomic mass is 16.2. The van der Waals surface area contributed by atoms with Gasteiger partial charge in [-0.1, -0.05) is 42.5 Å². The third kappa shape index (κ3) is 4.14. The molecule has 5 nitrogen and oxygen atoms in total. The highest BCUT2D eigenvalue weighted by Gasteiger charge is 2.17. The molecule has 0 saturated carbocycles. The van der Waals surface area contributed by atoms with Gasteiger partial charge < -0.3 is 4.90 Å². The predicted molar refractivity (Wildman–Crippen MR) is 108 cm³/mol. The zero-order valence-electron chi connectivity index (χ0n) is 15.8. The summed E-state index contributed by atoms with van der Waals surface area (Å²) in [6.07, 6.45) is 0. The Bertz CT molecular complexity index is 1010. The number of rotatable bonds is 5. The van der Waals surface area contributed by atoms with Gasteiger partial charge in [-0.3, -0.25) is 14.2 Å². The zero-order chi connectivity index (χ0) is 19.4. The highest BCUT2D eigenvalue weighted by molar-refractivity contribution is 5.93. The van der Waals surface area contributed by atoms with Gasteiger partial charge in [0, 0.05) is 23.9 Å². The molecule has 0 spiro atoms. The number of carbonyl (C=O) groups is 1. The van der Waals surface area contributed by atoms with Crippen LogP contribution in [-0.4, -0.2) is 22.0 Å². The second kappa shape index (κ2) is 7.99. The van der Waals surface area contributed by atoms with Crippen LogP contribution in [0.5, 0.6) is 0 Å². The lowest BCUT2D eigenvalue weighted by molar-refractivity contribution is -0.119. The van der Waals surface area contributed by atoms with Gasteiger partial charge in [-0.05, 0) is 38.5 Å². The minimum absolute atomic E-state index is 0.0332. The zero-order valence-corrected chi connectivity index (χ0v) is 15.8. The number of carbonyl (C=O) groups excluding carboxylic acids is 1. The number of nitrogens with zero attached hydrogens (tertiary/aromatic N) is 3. The Kier molecular flexibility index (Phi) is 5.50. The monoisotopic (exact) mass is 361 g/mol. The molecule has 0 N–H and O–H groups in total. The normalized spacial score (nSPS) is 10.6. The van der Waals surface area contributed by atoms with E-state index in [-0.39, 0.29) is 18.0 Å². The second-order valence-corrected chi connectivity index (χ2v) is 6.46. The van der Waals surface area contributed by atoms with Crippen LogP contribution in [0.15, 0.2) is 65.5 Å². The number of benzene rings is 2. The summed E-state index contributed by atoms with van der Waals surface area (Å²) in [7, 11) is 0.